The van der Waals surface area contributed by atoms with Crippen LogP contribution in [0.3, 0.4) is 0 Å². The summed E-state index contributed by atoms with van der Waals surface area (Å²) >= 11 is 0. The topological polar surface area (TPSA) is 90.8 Å². The molecule has 0 aromatic carbocycles. The van der Waals surface area contributed by atoms with E-state index in [1.165, 1.54) is 0 Å². The first-order chi connectivity index (χ1) is 10.8. The van der Waals surface area contributed by atoms with Crippen LogP contribution in [0.4, 0.5) is 5.69 Å². The molecular weight excluding hydrogens is 284 g/mol. The number of ether oxygens (including phenoxy) is 1. The fraction of sp³-hybridized carbons (Fsp3) is 0.286. The highest BCUT2D eigenvalue weighted by molar-refractivity contribution is 5.74. The number of rotatable bonds is 7. The van der Waals surface area contributed by atoms with Crippen LogP contribution in [0.2, 0.25) is 0 Å². The highest BCUT2D eigenvalue weighted by Crippen LogP contribution is 2.24. The Balaban J connectivity index is 1.59. The predicted molar refractivity (Wildman–Crippen MR) is 80.4 cm³/mol. The van der Waals surface area contributed by atoms with Crippen LogP contribution in [0.15, 0.2) is 48.3 Å². The van der Waals surface area contributed by atoms with Crippen LogP contribution in [-0.4, -0.2) is 27.3 Å². The van der Waals surface area contributed by atoms with Gasteiger partial charge in [0.2, 0.25) is 6.33 Å². The number of hydrogen-bond donors (Lipinski definition) is 1. The standard InChI is InChI=1S/C14H17N6O2/c15-13-12-3-1-2-5-20(12)17-14(13)22-10-9-19-8-7-18(11-19)6-4-16-21/h1-3,5,7-8,11H,4,6,9-10,15H2/q+1. The van der Waals surface area contributed by atoms with Crippen molar-refractivity contribution >= 4 is 11.2 Å². The lowest BCUT2D eigenvalue weighted by Crippen LogP contribution is -2.32. The second-order valence-corrected chi connectivity index (χ2v) is 4.84. The average molecular weight is 301 g/mol. The van der Waals surface area contributed by atoms with Crippen molar-refractivity contribution in [1.29, 1.82) is 0 Å². The summed E-state index contributed by atoms with van der Waals surface area (Å²) in [5.41, 5.74) is 7.39. The van der Waals surface area contributed by atoms with E-state index < -0.39 is 0 Å². The van der Waals surface area contributed by atoms with Gasteiger partial charge in [-0.15, -0.1) is 5.10 Å². The zero-order valence-electron chi connectivity index (χ0n) is 12.0. The number of pyridine rings is 1. The second kappa shape index (κ2) is 6.25. The maximum atomic E-state index is 10.1. The minimum atomic E-state index is 0.267. The summed E-state index contributed by atoms with van der Waals surface area (Å²) in [5.74, 6) is 0.441. The molecule has 8 heteroatoms. The van der Waals surface area contributed by atoms with Crippen molar-refractivity contribution in [3.8, 4) is 5.88 Å². The molecule has 0 bridgehead atoms. The molecule has 3 heterocycles. The lowest BCUT2D eigenvalue weighted by molar-refractivity contribution is -0.693. The Kier molecular flexibility index (Phi) is 3.99. The molecule has 0 saturated heterocycles. The van der Waals surface area contributed by atoms with Gasteiger partial charge in [-0.2, -0.15) is 4.91 Å². The molecule has 0 unspecified atom stereocenters. The minimum absolute atomic E-state index is 0.267. The van der Waals surface area contributed by atoms with E-state index in [1.807, 2.05) is 52.3 Å². The van der Waals surface area contributed by atoms with Gasteiger partial charge in [0.05, 0.1) is 5.52 Å². The summed E-state index contributed by atoms with van der Waals surface area (Å²) in [5, 5.41) is 7.14. The third-order valence-electron chi connectivity index (χ3n) is 3.33. The molecule has 2 N–H and O–H groups in total. The maximum Gasteiger partial charge on any atom is 0.257 e. The fourth-order valence-electron chi connectivity index (χ4n) is 2.21. The number of nitrogen functional groups attached to an aromatic ring is 1. The molecule has 0 spiro atoms. The average Bonchev–Trinajstić information content (AvgIpc) is 3.11. The number of anilines is 1. The number of imidazole rings is 1. The van der Waals surface area contributed by atoms with Crippen molar-refractivity contribution in [2.45, 2.75) is 13.1 Å². The van der Waals surface area contributed by atoms with Crippen molar-refractivity contribution < 1.29 is 9.30 Å². The van der Waals surface area contributed by atoms with Gasteiger partial charge in [0.1, 0.15) is 44.3 Å². The van der Waals surface area contributed by atoms with Crippen LogP contribution in [0.25, 0.3) is 5.52 Å². The number of nitroso groups, excluding NO2 is 1. The van der Waals surface area contributed by atoms with Gasteiger partial charge in [-0.1, -0.05) is 11.2 Å². The Morgan fingerprint density at radius 3 is 3.09 bits per heavy atom. The Morgan fingerprint density at radius 1 is 1.36 bits per heavy atom. The molecule has 8 nitrogen and oxygen atoms in total. The van der Waals surface area contributed by atoms with Gasteiger partial charge in [-0.3, -0.25) is 0 Å². The maximum absolute atomic E-state index is 10.1. The van der Waals surface area contributed by atoms with Gasteiger partial charge < -0.3 is 10.5 Å². The summed E-state index contributed by atoms with van der Waals surface area (Å²) in [6, 6.07) is 5.69. The van der Waals surface area contributed by atoms with E-state index in [0.29, 0.717) is 31.3 Å². The first kappa shape index (κ1) is 14.1. The van der Waals surface area contributed by atoms with E-state index in [-0.39, 0.29) is 6.54 Å². The van der Waals surface area contributed by atoms with E-state index in [2.05, 4.69) is 10.3 Å². The Morgan fingerprint density at radius 2 is 2.27 bits per heavy atom. The minimum Gasteiger partial charge on any atom is -0.471 e. The van der Waals surface area contributed by atoms with Crippen LogP contribution in [-0.2, 0) is 13.1 Å². The van der Waals surface area contributed by atoms with Crippen molar-refractivity contribution in [2.24, 2.45) is 5.18 Å². The molecule has 22 heavy (non-hydrogen) atoms. The number of aromatic nitrogens is 4. The zero-order valence-corrected chi connectivity index (χ0v) is 12.0. The smallest absolute Gasteiger partial charge is 0.257 e. The molecule has 0 amide bonds. The number of fused-ring (bicyclic) bond motifs is 1. The fourth-order valence-corrected chi connectivity index (χ4v) is 2.21. The molecule has 3 aromatic heterocycles. The van der Waals surface area contributed by atoms with Crippen molar-refractivity contribution in [2.75, 3.05) is 18.9 Å². The van der Waals surface area contributed by atoms with E-state index in [4.69, 9.17) is 10.5 Å². The van der Waals surface area contributed by atoms with Gasteiger partial charge in [-0.05, 0) is 12.1 Å². The largest absolute Gasteiger partial charge is 0.471 e. The van der Waals surface area contributed by atoms with Crippen molar-refractivity contribution in [3.63, 3.8) is 0 Å². The molecule has 0 fully saturated rings. The van der Waals surface area contributed by atoms with Gasteiger partial charge in [0.15, 0.2) is 0 Å². The van der Waals surface area contributed by atoms with Crippen LogP contribution in [0.1, 0.15) is 0 Å². The molecular formula is C14H17N6O2+. The highest BCUT2D eigenvalue weighted by Gasteiger charge is 2.11. The third-order valence-corrected chi connectivity index (χ3v) is 3.33. The second-order valence-electron chi connectivity index (χ2n) is 4.84. The van der Waals surface area contributed by atoms with E-state index in [0.717, 1.165) is 5.52 Å². The molecule has 3 aromatic rings. The third kappa shape index (κ3) is 2.90. The summed E-state index contributed by atoms with van der Waals surface area (Å²) in [6.45, 7) is 1.96. The molecule has 0 saturated carbocycles. The van der Waals surface area contributed by atoms with Gasteiger partial charge in [0, 0.05) is 6.20 Å². The quantitative estimate of drug-likeness (QED) is 0.517. The molecule has 0 radical (unpaired) electrons. The van der Waals surface area contributed by atoms with Gasteiger partial charge in [0.25, 0.3) is 5.88 Å². The SMILES string of the molecule is Nc1c(OCCn2cc[n+](CCN=O)c2)nn2ccccc12. The normalized spacial score (nSPS) is 10.9. The zero-order chi connectivity index (χ0) is 15.4. The predicted octanol–water partition coefficient (Wildman–Crippen LogP) is 0.851. The lowest BCUT2D eigenvalue weighted by atomic mass is 10.4. The molecule has 0 atom stereocenters. The van der Waals surface area contributed by atoms with Crippen molar-refractivity contribution in [3.05, 3.63) is 48.0 Å². The molecule has 0 aliphatic heterocycles. The molecule has 114 valence electrons. The number of hydrogen-bond acceptors (Lipinski definition) is 5. The molecule has 3 rings (SSSR count). The Bertz CT molecular complexity index is 779. The van der Waals surface area contributed by atoms with Crippen LogP contribution in [0.5, 0.6) is 5.88 Å². The first-order valence-electron chi connectivity index (χ1n) is 6.97. The van der Waals surface area contributed by atoms with E-state index >= 15 is 0 Å². The van der Waals surface area contributed by atoms with Gasteiger partial charge in [-0.25, -0.2) is 13.6 Å². The Hall–Kier alpha value is -2.90. The van der Waals surface area contributed by atoms with E-state index in [9.17, 15) is 4.91 Å². The van der Waals surface area contributed by atoms with E-state index in [1.54, 1.807) is 4.52 Å². The van der Waals surface area contributed by atoms with Crippen molar-refractivity contribution in [1.82, 2.24) is 14.2 Å². The Labute approximate surface area is 126 Å². The monoisotopic (exact) mass is 301 g/mol. The lowest BCUT2D eigenvalue weighted by Gasteiger charge is -2.01. The highest BCUT2D eigenvalue weighted by atomic mass is 16.5. The molecule has 0 aliphatic rings. The van der Waals surface area contributed by atoms with Gasteiger partial charge >= 0.3 is 0 Å². The van der Waals surface area contributed by atoms with Crippen LogP contribution in [0, 0.1) is 4.91 Å². The summed E-state index contributed by atoms with van der Waals surface area (Å²) in [7, 11) is 0. The molecule has 0 aliphatic carbocycles. The summed E-state index contributed by atoms with van der Waals surface area (Å²) in [4.78, 5) is 10.1. The van der Waals surface area contributed by atoms with Crippen LogP contribution < -0.4 is 15.0 Å². The summed E-state index contributed by atoms with van der Waals surface area (Å²) < 4.78 is 11.2. The van der Waals surface area contributed by atoms with Crippen LogP contribution >= 0.6 is 0 Å². The first-order valence-corrected chi connectivity index (χ1v) is 6.97. The summed E-state index contributed by atoms with van der Waals surface area (Å²) in [6.07, 6.45) is 7.54. The number of nitrogens with two attached hydrogens (primary N) is 1. The number of nitrogens with zero attached hydrogens (tertiary/aromatic N) is 5.